The van der Waals surface area contributed by atoms with Crippen LogP contribution in [0.15, 0.2) is 48.8 Å². The van der Waals surface area contributed by atoms with Gasteiger partial charge in [-0.3, -0.25) is 4.79 Å². The van der Waals surface area contributed by atoms with E-state index >= 15 is 4.39 Å². The van der Waals surface area contributed by atoms with Crippen LogP contribution in [0, 0.1) is 5.82 Å². The molecule has 8 heteroatoms. The van der Waals surface area contributed by atoms with Gasteiger partial charge in [0.25, 0.3) is 0 Å². The first kappa shape index (κ1) is 21.2. The third-order valence-corrected chi connectivity index (χ3v) is 5.60. The Bertz CT molecular complexity index is 1120. The molecule has 6 nitrogen and oxygen atoms in total. The second-order valence-electron chi connectivity index (χ2n) is 7.55. The van der Waals surface area contributed by atoms with E-state index in [1.54, 1.807) is 30.6 Å². The highest BCUT2D eigenvalue weighted by molar-refractivity contribution is 6.30. The fraction of sp³-hybridized carbons (Fsp3) is 0.261. The average Bonchev–Trinajstić information content (AvgIpc) is 3.20. The molecule has 3 aromatic rings. The zero-order valence-electron chi connectivity index (χ0n) is 17.0. The van der Waals surface area contributed by atoms with Crippen molar-refractivity contribution in [2.45, 2.75) is 25.8 Å². The number of aliphatic hydroxyl groups excluding tert-OH is 1. The predicted octanol–water partition coefficient (Wildman–Crippen LogP) is 3.86. The summed E-state index contributed by atoms with van der Waals surface area (Å²) in [5, 5.41) is 12.6. The zero-order chi connectivity index (χ0) is 22.0. The van der Waals surface area contributed by atoms with Gasteiger partial charge in [0.05, 0.1) is 18.7 Å². The molecule has 1 atom stereocenters. The number of hydrogen-bond acceptors (Lipinski definition) is 5. The standard InChI is InChI=1S/C23H22ClFN4O2/c1-14(13-30)28-20-11-15(4-7-26-20)18-9-16-5-8-29(22(16)19(25)10-18)21(31)12-17-3-2-6-27-23(17)24/h2-4,6-7,9-11,14,30H,5,8,12-13H2,1H3,(H,26,28). The third kappa shape index (κ3) is 4.52. The Labute approximate surface area is 184 Å². The van der Waals surface area contributed by atoms with E-state index in [0.29, 0.717) is 35.6 Å². The summed E-state index contributed by atoms with van der Waals surface area (Å²) >= 11 is 6.07. The number of halogens is 2. The molecule has 3 heterocycles. The highest BCUT2D eigenvalue weighted by atomic mass is 35.5. The van der Waals surface area contributed by atoms with Gasteiger partial charge in [0.2, 0.25) is 5.91 Å². The van der Waals surface area contributed by atoms with Crippen LogP contribution in [0.2, 0.25) is 5.15 Å². The van der Waals surface area contributed by atoms with Crippen LogP contribution in [0.4, 0.5) is 15.9 Å². The molecule has 1 unspecified atom stereocenters. The van der Waals surface area contributed by atoms with Gasteiger partial charge in [0, 0.05) is 25.0 Å². The van der Waals surface area contributed by atoms with Crippen molar-refractivity contribution in [1.29, 1.82) is 0 Å². The van der Waals surface area contributed by atoms with Gasteiger partial charge in [-0.2, -0.15) is 0 Å². The molecule has 0 aliphatic carbocycles. The molecule has 160 valence electrons. The molecule has 0 fully saturated rings. The number of aliphatic hydroxyl groups is 1. The van der Waals surface area contributed by atoms with Gasteiger partial charge >= 0.3 is 0 Å². The summed E-state index contributed by atoms with van der Waals surface area (Å²) in [6.45, 7) is 2.24. The first-order valence-electron chi connectivity index (χ1n) is 10.0. The Morgan fingerprint density at radius 2 is 2.10 bits per heavy atom. The van der Waals surface area contributed by atoms with Crippen molar-refractivity contribution in [3.8, 4) is 11.1 Å². The molecule has 0 saturated heterocycles. The van der Waals surface area contributed by atoms with Crippen molar-refractivity contribution >= 4 is 29.0 Å². The minimum absolute atomic E-state index is 0.0203. The molecule has 31 heavy (non-hydrogen) atoms. The number of fused-ring (bicyclic) bond motifs is 1. The fourth-order valence-corrected chi connectivity index (χ4v) is 3.89. The summed E-state index contributed by atoms with van der Waals surface area (Å²) in [5.41, 5.74) is 3.25. The molecule has 1 aliphatic rings. The molecule has 0 spiro atoms. The number of aromatic nitrogens is 2. The van der Waals surface area contributed by atoms with Crippen LogP contribution in [0.3, 0.4) is 0 Å². The van der Waals surface area contributed by atoms with E-state index in [1.807, 2.05) is 19.1 Å². The fourth-order valence-electron chi connectivity index (χ4n) is 3.71. The van der Waals surface area contributed by atoms with E-state index in [4.69, 9.17) is 11.6 Å². The monoisotopic (exact) mass is 440 g/mol. The van der Waals surface area contributed by atoms with Crippen LogP contribution in [-0.2, 0) is 17.6 Å². The third-order valence-electron chi connectivity index (χ3n) is 5.26. The Morgan fingerprint density at radius 1 is 1.26 bits per heavy atom. The zero-order valence-corrected chi connectivity index (χ0v) is 17.7. The first-order chi connectivity index (χ1) is 15.0. The lowest BCUT2D eigenvalue weighted by atomic mass is 10.0. The van der Waals surface area contributed by atoms with Crippen molar-refractivity contribution in [3.05, 3.63) is 70.9 Å². The number of carbonyl (C=O) groups is 1. The van der Waals surface area contributed by atoms with Crippen molar-refractivity contribution < 1.29 is 14.3 Å². The van der Waals surface area contributed by atoms with E-state index in [0.717, 1.165) is 11.1 Å². The maximum atomic E-state index is 15.1. The number of rotatable bonds is 6. The Balaban J connectivity index is 1.59. The van der Waals surface area contributed by atoms with Crippen LogP contribution in [0.25, 0.3) is 11.1 Å². The molecular weight excluding hydrogens is 419 g/mol. The smallest absolute Gasteiger partial charge is 0.231 e. The molecular formula is C23H22ClFN4O2. The highest BCUT2D eigenvalue weighted by Crippen LogP contribution is 2.36. The van der Waals surface area contributed by atoms with Gasteiger partial charge < -0.3 is 15.3 Å². The van der Waals surface area contributed by atoms with Crippen LogP contribution >= 0.6 is 11.6 Å². The topological polar surface area (TPSA) is 78.4 Å². The lowest BCUT2D eigenvalue weighted by Gasteiger charge is -2.19. The number of pyridine rings is 2. The molecule has 1 amide bonds. The molecule has 2 aromatic heterocycles. The van der Waals surface area contributed by atoms with Gasteiger partial charge in [-0.1, -0.05) is 17.7 Å². The number of nitrogens with one attached hydrogen (secondary N) is 1. The van der Waals surface area contributed by atoms with E-state index < -0.39 is 5.82 Å². The molecule has 1 aromatic carbocycles. The van der Waals surface area contributed by atoms with Gasteiger partial charge in [0.1, 0.15) is 16.8 Å². The Hall–Kier alpha value is -3.03. The van der Waals surface area contributed by atoms with Crippen molar-refractivity contribution in [2.24, 2.45) is 0 Å². The van der Waals surface area contributed by atoms with Gasteiger partial charge in [-0.05, 0) is 65.9 Å². The summed E-state index contributed by atoms with van der Waals surface area (Å²) in [5.74, 6) is -0.0514. The maximum absolute atomic E-state index is 15.1. The number of anilines is 2. The normalized spacial score (nSPS) is 13.7. The number of nitrogens with zero attached hydrogens (tertiary/aromatic N) is 3. The number of carbonyl (C=O) groups excluding carboxylic acids is 1. The summed E-state index contributed by atoms with van der Waals surface area (Å²) in [6, 6.07) is 10.3. The van der Waals surface area contributed by atoms with Crippen LogP contribution in [-0.4, -0.2) is 40.2 Å². The van der Waals surface area contributed by atoms with E-state index in [2.05, 4.69) is 15.3 Å². The van der Waals surface area contributed by atoms with Crippen molar-refractivity contribution in [1.82, 2.24) is 9.97 Å². The van der Waals surface area contributed by atoms with Crippen LogP contribution < -0.4 is 10.2 Å². The van der Waals surface area contributed by atoms with Gasteiger partial charge in [-0.25, -0.2) is 14.4 Å². The second kappa shape index (κ2) is 8.99. The first-order valence-corrected chi connectivity index (χ1v) is 10.4. The highest BCUT2D eigenvalue weighted by Gasteiger charge is 2.29. The molecule has 1 aliphatic heterocycles. The molecule has 0 radical (unpaired) electrons. The van der Waals surface area contributed by atoms with Crippen LogP contribution in [0.5, 0.6) is 0 Å². The lowest BCUT2D eigenvalue weighted by molar-refractivity contribution is -0.117. The van der Waals surface area contributed by atoms with E-state index in [1.165, 1.54) is 11.0 Å². The second-order valence-corrected chi connectivity index (χ2v) is 7.91. The van der Waals surface area contributed by atoms with Crippen molar-refractivity contribution in [2.75, 3.05) is 23.4 Å². The maximum Gasteiger partial charge on any atom is 0.231 e. The average molecular weight is 441 g/mol. The Kier molecular flexibility index (Phi) is 6.15. The molecule has 4 rings (SSSR count). The van der Waals surface area contributed by atoms with Crippen molar-refractivity contribution in [3.63, 3.8) is 0 Å². The minimum atomic E-state index is -0.439. The number of amides is 1. The molecule has 2 N–H and O–H groups in total. The van der Waals surface area contributed by atoms with Crippen LogP contribution in [0.1, 0.15) is 18.1 Å². The van der Waals surface area contributed by atoms with E-state index in [9.17, 15) is 9.90 Å². The summed E-state index contributed by atoms with van der Waals surface area (Å²) in [6.07, 6.45) is 3.84. The van der Waals surface area contributed by atoms with Gasteiger partial charge in [-0.15, -0.1) is 0 Å². The largest absolute Gasteiger partial charge is 0.394 e. The minimum Gasteiger partial charge on any atom is -0.394 e. The van der Waals surface area contributed by atoms with E-state index in [-0.39, 0.29) is 30.1 Å². The summed E-state index contributed by atoms with van der Waals surface area (Å²) < 4.78 is 15.1. The molecule has 0 saturated carbocycles. The molecule has 0 bridgehead atoms. The SMILES string of the molecule is CC(CO)Nc1cc(-c2cc(F)c3c(c2)CCN3C(=O)Cc2cccnc2Cl)ccn1. The Morgan fingerprint density at radius 3 is 2.87 bits per heavy atom. The summed E-state index contributed by atoms with van der Waals surface area (Å²) in [7, 11) is 0. The number of hydrogen-bond donors (Lipinski definition) is 2. The quantitative estimate of drug-likeness (QED) is 0.569. The predicted molar refractivity (Wildman–Crippen MR) is 119 cm³/mol. The number of benzene rings is 1. The van der Waals surface area contributed by atoms with Gasteiger partial charge in [0.15, 0.2) is 0 Å². The lowest BCUT2D eigenvalue weighted by Crippen LogP contribution is -2.31. The summed E-state index contributed by atoms with van der Waals surface area (Å²) in [4.78, 5) is 22.6.